The Hall–Kier alpha value is -3.03. The molecule has 148 valence electrons. The van der Waals surface area contributed by atoms with Crippen molar-refractivity contribution in [3.63, 3.8) is 0 Å². The topological polar surface area (TPSA) is 61.4 Å². The third-order valence-electron chi connectivity index (χ3n) is 4.62. The first-order valence-electron chi connectivity index (χ1n) is 8.89. The van der Waals surface area contributed by atoms with E-state index in [4.69, 9.17) is 0 Å². The third-order valence-corrected chi connectivity index (χ3v) is 4.62. The number of anilines is 2. The zero-order valence-corrected chi connectivity index (χ0v) is 15.3. The van der Waals surface area contributed by atoms with Crippen LogP contribution in [0.15, 0.2) is 30.3 Å². The highest BCUT2D eigenvalue weighted by molar-refractivity contribution is 5.95. The van der Waals surface area contributed by atoms with Crippen LogP contribution in [-0.2, 0) is 16.0 Å². The van der Waals surface area contributed by atoms with Gasteiger partial charge in [0, 0.05) is 18.3 Å². The molecule has 0 radical (unpaired) electrons. The predicted molar refractivity (Wildman–Crippen MR) is 99.7 cm³/mol. The zero-order chi connectivity index (χ0) is 20.3. The number of hydrogen-bond donors (Lipinski definition) is 2. The molecule has 1 heterocycles. The summed E-state index contributed by atoms with van der Waals surface area (Å²) in [6.45, 7) is 2.03. The Kier molecular flexibility index (Phi) is 5.87. The molecule has 0 saturated heterocycles. The molecule has 0 atom stereocenters. The molecule has 8 heteroatoms. The van der Waals surface area contributed by atoms with Gasteiger partial charge in [-0.2, -0.15) is 0 Å². The Bertz CT molecular complexity index is 918. The normalized spacial score (nSPS) is 13.1. The quantitative estimate of drug-likeness (QED) is 0.824. The first-order chi connectivity index (χ1) is 13.3. The van der Waals surface area contributed by atoms with E-state index < -0.39 is 23.4 Å². The summed E-state index contributed by atoms with van der Waals surface area (Å²) in [5.74, 6) is -3.49. The van der Waals surface area contributed by atoms with Gasteiger partial charge in [0.25, 0.3) is 0 Å². The van der Waals surface area contributed by atoms with Crippen molar-refractivity contribution < 1.29 is 22.8 Å². The van der Waals surface area contributed by atoms with Crippen LogP contribution in [0.25, 0.3) is 0 Å². The number of nitrogens with zero attached hydrogens (tertiary/aromatic N) is 1. The van der Waals surface area contributed by atoms with E-state index in [-0.39, 0.29) is 24.6 Å². The fourth-order valence-corrected chi connectivity index (χ4v) is 3.27. The molecule has 0 spiro atoms. The Morgan fingerprint density at radius 1 is 1.04 bits per heavy atom. The molecule has 1 aliphatic rings. The Morgan fingerprint density at radius 2 is 1.79 bits per heavy atom. The van der Waals surface area contributed by atoms with Gasteiger partial charge in [0.15, 0.2) is 11.6 Å². The van der Waals surface area contributed by atoms with E-state index >= 15 is 0 Å². The van der Waals surface area contributed by atoms with Crippen LogP contribution in [0.1, 0.15) is 17.5 Å². The minimum absolute atomic E-state index is 0.0775. The molecule has 2 N–H and O–H groups in total. The summed E-state index contributed by atoms with van der Waals surface area (Å²) in [6.07, 6.45) is 1.56. The largest absolute Gasteiger partial charge is 0.360 e. The van der Waals surface area contributed by atoms with E-state index in [1.165, 1.54) is 12.1 Å². The number of carbonyl (C=O) groups excluding carboxylic acids is 2. The first kappa shape index (κ1) is 19.7. The Morgan fingerprint density at radius 3 is 2.54 bits per heavy atom. The van der Waals surface area contributed by atoms with Crippen LogP contribution < -0.4 is 15.5 Å². The van der Waals surface area contributed by atoms with Crippen molar-refractivity contribution >= 4 is 23.2 Å². The van der Waals surface area contributed by atoms with Crippen molar-refractivity contribution in [2.24, 2.45) is 0 Å². The molecule has 2 amide bonds. The van der Waals surface area contributed by atoms with E-state index in [0.29, 0.717) is 12.2 Å². The van der Waals surface area contributed by atoms with Gasteiger partial charge in [-0.15, -0.1) is 0 Å². The van der Waals surface area contributed by atoms with Gasteiger partial charge in [0.1, 0.15) is 5.82 Å². The Labute approximate surface area is 160 Å². The van der Waals surface area contributed by atoms with Gasteiger partial charge in [-0.3, -0.25) is 9.59 Å². The molecular formula is C20H20F3N3O2. The number of halogens is 3. The minimum Gasteiger partial charge on any atom is -0.360 e. The molecule has 3 rings (SSSR count). The first-order valence-corrected chi connectivity index (χ1v) is 8.89. The summed E-state index contributed by atoms with van der Waals surface area (Å²) in [5.41, 5.74) is 2.40. The molecule has 28 heavy (non-hydrogen) atoms. The summed E-state index contributed by atoms with van der Waals surface area (Å²) in [4.78, 5) is 25.8. The van der Waals surface area contributed by atoms with Crippen LogP contribution in [0, 0.1) is 24.4 Å². The standard InChI is InChI=1S/C20H20F3N3O2/c1-12-4-6-16(22)20-14(12)3-2-8-26(20)11-19(28)24-10-18(27)25-13-5-7-15(21)17(23)9-13/h4-7,9H,2-3,8,10-11H2,1H3,(H,24,28)(H,25,27). The van der Waals surface area contributed by atoms with E-state index in [1.807, 2.05) is 6.92 Å². The highest BCUT2D eigenvalue weighted by atomic mass is 19.2. The van der Waals surface area contributed by atoms with E-state index in [2.05, 4.69) is 10.6 Å². The molecule has 5 nitrogen and oxygen atoms in total. The molecule has 0 unspecified atom stereocenters. The van der Waals surface area contributed by atoms with Gasteiger partial charge in [0.2, 0.25) is 11.8 Å². The lowest BCUT2D eigenvalue weighted by atomic mass is 9.96. The van der Waals surface area contributed by atoms with Crippen LogP contribution in [0.4, 0.5) is 24.5 Å². The number of rotatable bonds is 5. The van der Waals surface area contributed by atoms with Gasteiger partial charge in [-0.25, -0.2) is 13.2 Å². The lowest BCUT2D eigenvalue weighted by molar-refractivity contribution is -0.123. The maximum Gasteiger partial charge on any atom is 0.243 e. The Balaban J connectivity index is 1.56. The van der Waals surface area contributed by atoms with Gasteiger partial charge in [-0.05, 0) is 49.1 Å². The molecule has 0 fully saturated rings. The van der Waals surface area contributed by atoms with Crippen molar-refractivity contribution in [2.45, 2.75) is 19.8 Å². The lowest BCUT2D eigenvalue weighted by Crippen LogP contribution is -2.42. The number of hydrogen-bond acceptors (Lipinski definition) is 3. The smallest absolute Gasteiger partial charge is 0.243 e. The number of nitrogens with one attached hydrogen (secondary N) is 2. The number of fused-ring (bicyclic) bond motifs is 1. The average molecular weight is 391 g/mol. The minimum atomic E-state index is -1.08. The number of benzene rings is 2. The molecule has 0 saturated carbocycles. The monoisotopic (exact) mass is 391 g/mol. The van der Waals surface area contributed by atoms with Crippen molar-refractivity contribution in [1.82, 2.24) is 5.32 Å². The van der Waals surface area contributed by atoms with Gasteiger partial charge in [-0.1, -0.05) is 6.07 Å². The van der Waals surface area contributed by atoms with Crippen LogP contribution in [0.5, 0.6) is 0 Å². The molecule has 0 aromatic heterocycles. The molecule has 1 aliphatic heterocycles. The lowest BCUT2D eigenvalue weighted by Gasteiger charge is -2.32. The van der Waals surface area contributed by atoms with Crippen LogP contribution in [0.3, 0.4) is 0 Å². The van der Waals surface area contributed by atoms with Crippen molar-refractivity contribution in [3.8, 4) is 0 Å². The summed E-state index contributed by atoms with van der Waals surface area (Å²) < 4.78 is 40.3. The van der Waals surface area contributed by atoms with Crippen molar-refractivity contribution in [3.05, 3.63) is 58.9 Å². The van der Waals surface area contributed by atoms with Crippen molar-refractivity contribution in [1.29, 1.82) is 0 Å². The maximum atomic E-state index is 14.3. The number of amides is 2. The number of aryl methyl sites for hydroxylation is 1. The highest BCUT2D eigenvalue weighted by Crippen LogP contribution is 2.32. The van der Waals surface area contributed by atoms with E-state index in [0.717, 1.165) is 36.1 Å². The highest BCUT2D eigenvalue weighted by Gasteiger charge is 2.24. The fourth-order valence-electron chi connectivity index (χ4n) is 3.27. The number of carbonyl (C=O) groups is 2. The molecule has 0 bridgehead atoms. The van der Waals surface area contributed by atoms with Gasteiger partial charge < -0.3 is 15.5 Å². The van der Waals surface area contributed by atoms with Crippen molar-refractivity contribution in [2.75, 3.05) is 29.9 Å². The van der Waals surface area contributed by atoms with E-state index in [9.17, 15) is 22.8 Å². The fraction of sp³-hybridized carbons (Fsp3) is 0.300. The van der Waals surface area contributed by atoms with Crippen LogP contribution in [0.2, 0.25) is 0 Å². The summed E-state index contributed by atoms with van der Waals surface area (Å²) in [5, 5.41) is 4.83. The summed E-state index contributed by atoms with van der Waals surface area (Å²) in [7, 11) is 0. The van der Waals surface area contributed by atoms with Crippen LogP contribution in [-0.4, -0.2) is 31.4 Å². The van der Waals surface area contributed by atoms with Gasteiger partial charge in [0.05, 0.1) is 18.8 Å². The second-order valence-electron chi connectivity index (χ2n) is 6.67. The maximum absolute atomic E-state index is 14.3. The molecule has 2 aromatic rings. The second-order valence-corrected chi connectivity index (χ2v) is 6.67. The molecular weight excluding hydrogens is 371 g/mol. The zero-order valence-electron chi connectivity index (χ0n) is 15.3. The second kappa shape index (κ2) is 8.33. The average Bonchev–Trinajstić information content (AvgIpc) is 2.66. The SMILES string of the molecule is Cc1ccc(F)c2c1CCCN2CC(=O)NCC(=O)Nc1ccc(F)c(F)c1. The predicted octanol–water partition coefficient (Wildman–Crippen LogP) is 2.92. The summed E-state index contributed by atoms with van der Waals surface area (Å²) >= 11 is 0. The molecule has 0 aliphatic carbocycles. The molecule has 2 aromatic carbocycles. The van der Waals surface area contributed by atoms with Crippen LogP contribution >= 0.6 is 0 Å². The van der Waals surface area contributed by atoms with Gasteiger partial charge >= 0.3 is 0 Å². The van der Waals surface area contributed by atoms with E-state index in [1.54, 1.807) is 11.0 Å². The summed E-state index contributed by atoms with van der Waals surface area (Å²) in [6, 6.07) is 6.08. The third kappa shape index (κ3) is 4.44.